The lowest BCUT2D eigenvalue weighted by Gasteiger charge is -2.14. The highest BCUT2D eigenvalue weighted by Gasteiger charge is 2.46. The van der Waals surface area contributed by atoms with E-state index in [2.05, 4.69) is 0 Å². The van der Waals surface area contributed by atoms with Gasteiger partial charge in [-0.1, -0.05) is 0 Å². The van der Waals surface area contributed by atoms with Gasteiger partial charge in [0.15, 0.2) is 0 Å². The highest BCUT2D eigenvalue weighted by Crippen LogP contribution is 2.48. The minimum absolute atomic E-state index is 0.0772. The molecule has 0 spiro atoms. The second-order valence-corrected chi connectivity index (χ2v) is 4.71. The van der Waals surface area contributed by atoms with Gasteiger partial charge in [-0.3, -0.25) is 0 Å². The maximum Gasteiger partial charge on any atom is 0.416 e. The zero-order chi connectivity index (χ0) is 15.0. The summed E-state index contributed by atoms with van der Waals surface area (Å²) >= 11 is 0. The molecule has 20 heavy (non-hydrogen) atoms. The normalized spacial score (nSPS) is 16.4. The molecule has 1 fully saturated rings. The lowest BCUT2D eigenvalue weighted by Crippen LogP contribution is -2.13. The van der Waals surface area contributed by atoms with Crippen LogP contribution in [0.3, 0.4) is 0 Å². The third-order valence-electron chi connectivity index (χ3n) is 3.29. The molecule has 1 aromatic rings. The van der Waals surface area contributed by atoms with Crippen LogP contribution in [0.1, 0.15) is 41.3 Å². The number of ether oxygens (including phenoxy) is 1. The van der Waals surface area contributed by atoms with E-state index in [1.54, 1.807) is 6.92 Å². The molecule has 1 saturated carbocycles. The van der Waals surface area contributed by atoms with Gasteiger partial charge in [0.2, 0.25) is 0 Å². The Bertz CT molecular complexity index is 583. The maximum absolute atomic E-state index is 12.9. The Morgan fingerprint density at radius 1 is 1.40 bits per heavy atom. The first-order valence-electron chi connectivity index (χ1n) is 6.13. The first-order valence-corrected chi connectivity index (χ1v) is 6.13. The number of nitrogens with zero attached hydrogens (tertiary/aromatic N) is 1. The summed E-state index contributed by atoms with van der Waals surface area (Å²) in [4.78, 5) is 11.6. The van der Waals surface area contributed by atoms with Gasteiger partial charge in [-0.25, -0.2) is 4.79 Å². The van der Waals surface area contributed by atoms with E-state index in [1.165, 1.54) is 6.07 Å². The van der Waals surface area contributed by atoms with Crippen LogP contribution < -0.4 is 0 Å². The molecule has 0 radical (unpaired) electrons. The number of carbonyl (C=O) groups is 1. The summed E-state index contributed by atoms with van der Waals surface area (Å²) in [6.45, 7) is 1.65. The number of benzene rings is 1. The largest absolute Gasteiger partial charge is 0.462 e. The Hall–Kier alpha value is -2.03. The number of rotatable bonds is 3. The van der Waals surface area contributed by atoms with Gasteiger partial charge in [-0.05, 0) is 43.5 Å². The van der Waals surface area contributed by atoms with E-state index in [4.69, 9.17) is 10.00 Å². The van der Waals surface area contributed by atoms with E-state index < -0.39 is 23.1 Å². The molecule has 1 aromatic carbocycles. The summed E-state index contributed by atoms with van der Waals surface area (Å²) in [5.41, 5.74) is -1.75. The van der Waals surface area contributed by atoms with Crippen molar-refractivity contribution < 1.29 is 22.7 Å². The van der Waals surface area contributed by atoms with Crippen LogP contribution in [0.4, 0.5) is 13.2 Å². The molecule has 2 rings (SSSR count). The number of hydrogen-bond acceptors (Lipinski definition) is 3. The number of halogens is 3. The standard InChI is InChI=1S/C14H12F3NO2/c1-2-20-12(19)9-5-10(13(8-18)3-4-13)7-11(6-9)14(15,16)17/h5-7H,2-4H2,1H3. The van der Waals surface area contributed by atoms with Crippen molar-refractivity contribution in [2.24, 2.45) is 0 Å². The Kier molecular flexibility index (Phi) is 3.46. The third kappa shape index (κ3) is 2.62. The molecule has 0 bridgehead atoms. The molecular formula is C14H12F3NO2. The molecule has 0 amide bonds. The molecule has 0 saturated heterocycles. The Labute approximate surface area is 114 Å². The second kappa shape index (κ2) is 4.82. The molecule has 1 aliphatic carbocycles. The molecule has 106 valence electrons. The molecule has 0 N–H and O–H groups in total. The van der Waals surface area contributed by atoms with Crippen molar-refractivity contribution in [1.29, 1.82) is 5.26 Å². The van der Waals surface area contributed by atoms with Crippen molar-refractivity contribution in [3.05, 3.63) is 34.9 Å². The summed E-state index contributed by atoms with van der Waals surface area (Å²) in [7, 11) is 0. The SMILES string of the molecule is CCOC(=O)c1cc(C(F)(F)F)cc(C2(C#N)CC2)c1. The van der Waals surface area contributed by atoms with Gasteiger partial charge >= 0.3 is 12.1 Å². The van der Waals surface area contributed by atoms with Crippen molar-refractivity contribution in [2.45, 2.75) is 31.4 Å². The fourth-order valence-electron chi connectivity index (χ4n) is 1.99. The topological polar surface area (TPSA) is 50.1 Å². The van der Waals surface area contributed by atoms with Gasteiger partial charge in [0, 0.05) is 0 Å². The predicted octanol–water partition coefficient (Wildman–Crippen LogP) is 3.44. The Balaban J connectivity index is 2.51. The summed E-state index contributed by atoms with van der Waals surface area (Å²) in [5, 5.41) is 9.09. The molecular weight excluding hydrogens is 271 g/mol. The van der Waals surface area contributed by atoms with Gasteiger partial charge in [0.1, 0.15) is 0 Å². The quantitative estimate of drug-likeness (QED) is 0.798. The lowest BCUT2D eigenvalue weighted by atomic mass is 9.93. The van der Waals surface area contributed by atoms with E-state index >= 15 is 0 Å². The van der Waals surface area contributed by atoms with Crippen LogP contribution in [0.15, 0.2) is 18.2 Å². The molecule has 1 aliphatic rings. The summed E-state index contributed by atoms with van der Waals surface area (Å²) in [5.74, 6) is -0.811. The molecule has 0 heterocycles. The first-order chi connectivity index (χ1) is 9.32. The molecule has 0 atom stereocenters. The summed E-state index contributed by atoms with van der Waals surface area (Å²) in [6, 6.07) is 5.05. The van der Waals surface area contributed by atoms with Crippen LogP contribution >= 0.6 is 0 Å². The fraction of sp³-hybridized carbons (Fsp3) is 0.429. The second-order valence-electron chi connectivity index (χ2n) is 4.71. The first kappa shape index (κ1) is 14.4. The van der Waals surface area contributed by atoms with Crippen molar-refractivity contribution >= 4 is 5.97 Å². The Morgan fingerprint density at radius 3 is 2.50 bits per heavy atom. The number of hydrogen-bond donors (Lipinski definition) is 0. The van der Waals surface area contributed by atoms with Crippen molar-refractivity contribution in [3.8, 4) is 6.07 Å². The molecule has 0 unspecified atom stereocenters. The lowest BCUT2D eigenvalue weighted by molar-refractivity contribution is -0.137. The van der Waals surface area contributed by atoms with Crippen molar-refractivity contribution in [2.75, 3.05) is 6.61 Å². The highest BCUT2D eigenvalue weighted by molar-refractivity contribution is 5.90. The van der Waals surface area contributed by atoms with Crippen molar-refractivity contribution in [3.63, 3.8) is 0 Å². The average Bonchev–Trinajstić information content (AvgIpc) is 3.18. The minimum atomic E-state index is -4.57. The van der Waals surface area contributed by atoms with Crippen LogP contribution in [0.25, 0.3) is 0 Å². The number of carbonyl (C=O) groups excluding carboxylic acids is 1. The van der Waals surface area contributed by atoms with E-state index in [0.29, 0.717) is 12.8 Å². The van der Waals surface area contributed by atoms with Gasteiger partial charge in [0.05, 0.1) is 29.2 Å². The van der Waals surface area contributed by atoms with Crippen LogP contribution in [0.2, 0.25) is 0 Å². The van der Waals surface area contributed by atoms with Gasteiger partial charge in [-0.2, -0.15) is 18.4 Å². The monoisotopic (exact) mass is 283 g/mol. The van der Waals surface area contributed by atoms with E-state index in [1.807, 2.05) is 6.07 Å². The van der Waals surface area contributed by atoms with Crippen LogP contribution in [0.5, 0.6) is 0 Å². The van der Waals surface area contributed by atoms with Crippen molar-refractivity contribution in [1.82, 2.24) is 0 Å². The zero-order valence-electron chi connectivity index (χ0n) is 10.8. The third-order valence-corrected chi connectivity index (χ3v) is 3.29. The number of alkyl halides is 3. The van der Waals surface area contributed by atoms with Crippen LogP contribution in [-0.4, -0.2) is 12.6 Å². The maximum atomic E-state index is 12.9. The van der Waals surface area contributed by atoms with E-state index in [-0.39, 0.29) is 17.7 Å². The van der Waals surface area contributed by atoms with Crippen LogP contribution in [-0.2, 0) is 16.3 Å². The minimum Gasteiger partial charge on any atom is -0.462 e. The van der Waals surface area contributed by atoms with E-state index in [0.717, 1.165) is 12.1 Å². The zero-order valence-corrected chi connectivity index (χ0v) is 10.8. The van der Waals surface area contributed by atoms with E-state index in [9.17, 15) is 18.0 Å². The summed E-state index contributed by atoms with van der Waals surface area (Å²) in [6.07, 6.45) is -3.55. The van der Waals surface area contributed by atoms with Gasteiger partial charge in [0.25, 0.3) is 0 Å². The number of nitriles is 1. The van der Waals surface area contributed by atoms with Gasteiger partial charge in [-0.15, -0.1) is 0 Å². The smallest absolute Gasteiger partial charge is 0.416 e. The highest BCUT2D eigenvalue weighted by atomic mass is 19.4. The predicted molar refractivity (Wildman–Crippen MR) is 63.9 cm³/mol. The molecule has 6 heteroatoms. The van der Waals surface area contributed by atoms with Gasteiger partial charge < -0.3 is 4.74 Å². The fourth-order valence-corrected chi connectivity index (χ4v) is 1.99. The number of esters is 1. The molecule has 0 aliphatic heterocycles. The Morgan fingerprint density at radius 2 is 2.05 bits per heavy atom. The summed E-state index contributed by atoms with van der Waals surface area (Å²) < 4.78 is 43.4. The molecule has 0 aromatic heterocycles. The average molecular weight is 283 g/mol. The molecule has 3 nitrogen and oxygen atoms in total. The van der Waals surface area contributed by atoms with Crippen LogP contribution in [0, 0.1) is 11.3 Å².